The van der Waals surface area contributed by atoms with Crippen LogP contribution in [0.4, 0.5) is 0 Å². The number of hydrogen-bond donors (Lipinski definition) is 2. The summed E-state index contributed by atoms with van der Waals surface area (Å²) in [6, 6.07) is 2.48. The Bertz CT molecular complexity index is 607. The Morgan fingerprint density at radius 3 is 2.64 bits per heavy atom. The molecule has 1 aliphatic carbocycles. The summed E-state index contributed by atoms with van der Waals surface area (Å²) in [5, 5.41) is 11.4. The first-order valence-electron chi connectivity index (χ1n) is 9.34. The number of guanidine groups is 1. The Morgan fingerprint density at radius 2 is 2.12 bits per heavy atom. The van der Waals surface area contributed by atoms with Crippen LogP contribution in [0.25, 0.3) is 0 Å². The minimum absolute atomic E-state index is 0.0711. The number of aryl methyl sites for hydroxylation is 3. The maximum absolute atomic E-state index is 5.71. The van der Waals surface area contributed by atoms with Crippen LogP contribution in [-0.2, 0) is 11.3 Å². The minimum Gasteiger partial charge on any atom is -0.378 e. The SMILES string of the molecule is CCNC(=NCCCn1nc(C)cc1C)NC1CC(C)(OC)C1(C)C. The Hall–Kier alpha value is -1.56. The molecule has 1 aliphatic rings. The molecule has 0 saturated heterocycles. The van der Waals surface area contributed by atoms with Gasteiger partial charge in [0.1, 0.15) is 0 Å². The van der Waals surface area contributed by atoms with Crippen molar-refractivity contribution in [2.24, 2.45) is 10.4 Å². The third-order valence-corrected chi connectivity index (χ3v) is 5.83. The summed E-state index contributed by atoms with van der Waals surface area (Å²) in [5.74, 6) is 0.895. The van der Waals surface area contributed by atoms with E-state index in [2.05, 4.69) is 61.1 Å². The lowest BCUT2D eigenvalue weighted by molar-refractivity contribution is -0.176. The Kier molecular flexibility index (Phi) is 6.14. The predicted molar refractivity (Wildman–Crippen MR) is 103 cm³/mol. The van der Waals surface area contributed by atoms with E-state index in [1.165, 1.54) is 5.69 Å². The van der Waals surface area contributed by atoms with Gasteiger partial charge in [-0.25, -0.2) is 0 Å². The molecule has 2 unspecified atom stereocenters. The van der Waals surface area contributed by atoms with Crippen LogP contribution in [0.2, 0.25) is 0 Å². The van der Waals surface area contributed by atoms with E-state index in [1.54, 1.807) is 7.11 Å². The molecule has 1 saturated carbocycles. The van der Waals surface area contributed by atoms with E-state index in [0.717, 1.165) is 44.1 Å². The molecule has 0 aliphatic heterocycles. The van der Waals surface area contributed by atoms with Gasteiger partial charge in [0, 0.05) is 43.9 Å². The van der Waals surface area contributed by atoms with Crippen molar-refractivity contribution in [2.45, 2.75) is 72.6 Å². The van der Waals surface area contributed by atoms with E-state index < -0.39 is 0 Å². The maximum Gasteiger partial charge on any atom is 0.191 e. The van der Waals surface area contributed by atoms with E-state index in [1.807, 2.05) is 6.92 Å². The zero-order chi connectivity index (χ0) is 18.7. The van der Waals surface area contributed by atoms with Gasteiger partial charge in [0.2, 0.25) is 0 Å². The fourth-order valence-electron chi connectivity index (χ4n) is 3.52. The number of hydrogen-bond acceptors (Lipinski definition) is 3. The van der Waals surface area contributed by atoms with Crippen LogP contribution in [0, 0.1) is 19.3 Å². The molecule has 2 rings (SSSR count). The highest BCUT2D eigenvalue weighted by Gasteiger charge is 2.58. The lowest BCUT2D eigenvalue weighted by Crippen LogP contribution is -2.69. The van der Waals surface area contributed by atoms with Gasteiger partial charge in [-0.3, -0.25) is 9.67 Å². The van der Waals surface area contributed by atoms with Gasteiger partial charge in [-0.2, -0.15) is 5.10 Å². The third-order valence-electron chi connectivity index (χ3n) is 5.83. The molecule has 1 fully saturated rings. The minimum atomic E-state index is -0.0720. The molecule has 142 valence electrons. The monoisotopic (exact) mass is 349 g/mol. The molecule has 0 amide bonds. The van der Waals surface area contributed by atoms with E-state index in [4.69, 9.17) is 9.73 Å². The zero-order valence-electron chi connectivity index (χ0n) is 16.9. The summed E-state index contributed by atoms with van der Waals surface area (Å²) in [5.41, 5.74) is 2.28. The number of methoxy groups -OCH3 is 1. The van der Waals surface area contributed by atoms with Gasteiger partial charge in [0.25, 0.3) is 0 Å². The van der Waals surface area contributed by atoms with Crippen molar-refractivity contribution in [1.82, 2.24) is 20.4 Å². The normalized spacial score (nSPS) is 25.6. The van der Waals surface area contributed by atoms with Crippen molar-refractivity contribution < 1.29 is 4.74 Å². The maximum atomic E-state index is 5.71. The van der Waals surface area contributed by atoms with E-state index in [0.29, 0.717) is 6.04 Å². The van der Waals surface area contributed by atoms with E-state index in [-0.39, 0.29) is 11.0 Å². The average molecular weight is 350 g/mol. The largest absolute Gasteiger partial charge is 0.378 e. The van der Waals surface area contributed by atoms with Crippen LogP contribution >= 0.6 is 0 Å². The van der Waals surface area contributed by atoms with Crippen LogP contribution in [0.3, 0.4) is 0 Å². The topological polar surface area (TPSA) is 63.5 Å². The summed E-state index contributed by atoms with van der Waals surface area (Å²) in [6.45, 7) is 15.5. The fourth-order valence-corrected chi connectivity index (χ4v) is 3.52. The second-order valence-corrected chi connectivity index (χ2v) is 7.82. The lowest BCUT2D eigenvalue weighted by Gasteiger charge is -2.59. The summed E-state index contributed by atoms with van der Waals surface area (Å²) in [7, 11) is 1.80. The second-order valence-electron chi connectivity index (χ2n) is 7.82. The standard InChI is InChI=1S/C19H35N5O/c1-8-20-17(22-16-13-19(6,25-7)18(16,4)5)21-10-9-11-24-15(3)12-14(2)23-24/h12,16H,8-11,13H2,1-7H3,(H2,20,21,22). The first-order valence-corrected chi connectivity index (χ1v) is 9.34. The van der Waals surface area contributed by atoms with Crippen molar-refractivity contribution in [3.05, 3.63) is 17.5 Å². The quantitative estimate of drug-likeness (QED) is 0.451. The number of nitrogens with zero attached hydrogens (tertiary/aromatic N) is 3. The molecule has 0 spiro atoms. The summed E-state index contributed by atoms with van der Waals surface area (Å²) >= 11 is 0. The molecule has 6 heteroatoms. The molecule has 1 aromatic heterocycles. The molecule has 0 aromatic carbocycles. The van der Waals surface area contributed by atoms with Gasteiger partial charge in [-0.1, -0.05) is 13.8 Å². The lowest BCUT2D eigenvalue weighted by atomic mass is 9.56. The highest BCUT2D eigenvalue weighted by Crippen LogP contribution is 2.51. The summed E-state index contributed by atoms with van der Waals surface area (Å²) < 4.78 is 7.77. The van der Waals surface area contributed by atoms with E-state index >= 15 is 0 Å². The first-order chi connectivity index (χ1) is 11.7. The van der Waals surface area contributed by atoms with Crippen molar-refractivity contribution >= 4 is 5.96 Å². The number of ether oxygens (including phenoxy) is 1. The van der Waals surface area contributed by atoms with Gasteiger partial charge in [-0.05, 0) is 46.6 Å². The molecule has 2 N–H and O–H groups in total. The van der Waals surface area contributed by atoms with Gasteiger partial charge in [0.05, 0.1) is 11.3 Å². The predicted octanol–water partition coefficient (Wildman–Crippen LogP) is 2.65. The smallest absolute Gasteiger partial charge is 0.191 e. The summed E-state index contributed by atoms with van der Waals surface area (Å²) in [4.78, 5) is 4.74. The van der Waals surface area contributed by atoms with Gasteiger partial charge in [-0.15, -0.1) is 0 Å². The van der Waals surface area contributed by atoms with Gasteiger partial charge in [0.15, 0.2) is 5.96 Å². The molecule has 1 heterocycles. The Morgan fingerprint density at radius 1 is 1.40 bits per heavy atom. The molecular weight excluding hydrogens is 314 g/mol. The van der Waals surface area contributed by atoms with Crippen LogP contribution in [0.5, 0.6) is 0 Å². The number of aromatic nitrogens is 2. The third kappa shape index (κ3) is 4.17. The van der Waals surface area contributed by atoms with Crippen LogP contribution < -0.4 is 10.6 Å². The highest BCUT2D eigenvalue weighted by molar-refractivity contribution is 5.80. The van der Waals surface area contributed by atoms with Crippen molar-refractivity contribution in [3.63, 3.8) is 0 Å². The molecular formula is C19H35N5O. The molecule has 25 heavy (non-hydrogen) atoms. The zero-order valence-corrected chi connectivity index (χ0v) is 16.9. The Labute approximate surface area is 152 Å². The molecule has 2 atom stereocenters. The molecule has 6 nitrogen and oxygen atoms in total. The molecule has 0 bridgehead atoms. The second kappa shape index (κ2) is 7.77. The number of aliphatic imine (C=N–C) groups is 1. The van der Waals surface area contributed by atoms with Crippen molar-refractivity contribution in [1.29, 1.82) is 0 Å². The van der Waals surface area contributed by atoms with Crippen LogP contribution in [0.15, 0.2) is 11.1 Å². The Balaban J connectivity index is 1.88. The summed E-state index contributed by atoms with van der Waals surface area (Å²) in [6.07, 6.45) is 1.97. The van der Waals surface area contributed by atoms with Crippen LogP contribution in [-0.4, -0.2) is 47.6 Å². The number of rotatable bonds is 7. The number of nitrogens with one attached hydrogen (secondary N) is 2. The van der Waals surface area contributed by atoms with Crippen LogP contribution in [0.1, 0.15) is 51.9 Å². The highest BCUT2D eigenvalue weighted by atomic mass is 16.5. The van der Waals surface area contributed by atoms with Crippen molar-refractivity contribution in [3.8, 4) is 0 Å². The molecule has 0 radical (unpaired) electrons. The van der Waals surface area contributed by atoms with Gasteiger partial charge < -0.3 is 15.4 Å². The van der Waals surface area contributed by atoms with Gasteiger partial charge >= 0.3 is 0 Å². The fraction of sp³-hybridized carbons (Fsp3) is 0.789. The average Bonchev–Trinajstić information content (AvgIpc) is 2.88. The van der Waals surface area contributed by atoms with Crippen molar-refractivity contribution in [2.75, 3.05) is 20.2 Å². The first kappa shape index (κ1) is 19.8. The van der Waals surface area contributed by atoms with E-state index in [9.17, 15) is 0 Å². The molecule has 1 aromatic rings.